The minimum Gasteiger partial charge on any atom is -0.310 e. The van der Waals surface area contributed by atoms with Gasteiger partial charge in [-0.1, -0.05) is 25.4 Å². The van der Waals surface area contributed by atoms with Gasteiger partial charge in [0.25, 0.3) is 0 Å². The molecule has 20 heavy (non-hydrogen) atoms. The van der Waals surface area contributed by atoms with E-state index < -0.39 is 0 Å². The summed E-state index contributed by atoms with van der Waals surface area (Å²) in [5.41, 5.74) is 1.88. The second kappa shape index (κ2) is 6.85. The lowest BCUT2D eigenvalue weighted by Crippen LogP contribution is -2.15. The number of aryl methyl sites for hydroxylation is 2. The van der Waals surface area contributed by atoms with E-state index in [1.54, 1.807) is 11.0 Å². The number of hydrogen-bond acceptors (Lipinski definition) is 4. The Morgan fingerprint density at radius 1 is 1.30 bits per heavy atom. The average molecular weight is 297 g/mol. The van der Waals surface area contributed by atoms with Gasteiger partial charge >= 0.3 is 0 Å². The van der Waals surface area contributed by atoms with E-state index in [9.17, 15) is 0 Å². The van der Waals surface area contributed by atoms with Crippen molar-refractivity contribution in [3.63, 3.8) is 0 Å². The molecule has 0 atom stereocenters. The molecule has 7 heteroatoms. The van der Waals surface area contributed by atoms with Crippen molar-refractivity contribution in [1.82, 2.24) is 29.9 Å². The molecular weight excluding hydrogens is 276 g/mol. The fraction of sp³-hybridized carbons (Fsp3) is 0.615. The molecule has 0 unspecified atom stereocenters. The van der Waals surface area contributed by atoms with Gasteiger partial charge in [-0.3, -0.25) is 4.68 Å². The summed E-state index contributed by atoms with van der Waals surface area (Å²) in [5, 5.41) is 12.9. The number of halogens is 1. The third-order valence-electron chi connectivity index (χ3n) is 3.11. The summed E-state index contributed by atoms with van der Waals surface area (Å²) in [4.78, 5) is 4.29. The Hall–Kier alpha value is -1.40. The highest BCUT2D eigenvalue weighted by molar-refractivity contribution is 6.31. The van der Waals surface area contributed by atoms with Crippen LogP contribution in [0.4, 0.5) is 0 Å². The first-order valence-electron chi connectivity index (χ1n) is 6.95. The first-order chi connectivity index (χ1) is 9.65. The van der Waals surface area contributed by atoms with Gasteiger partial charge in [0, 0.05) is 7.05 Å². The first-order valence-corrected chi connectivity index (χ1v) is 7.32. The molecule has 1 N–H and O–H groups in total. The minimum absolute atomic E-state index is 0.586. The van der Waals surface area contributed by atoms with Crippen LogP contribution in [-0.2, 0) is 26.6 Å². The Morgan fingerprint density at radius 3 is 2.75 bits per heavy atom. The van der Waals surface area contributed by atoms with Crippen LogP contribution in [0.5, 0.6) is 0 Å². The Kier molecular flexibility index (Phi) is 5.14. The maximum atomic E-state index is 6.33. The highest BCUT2D eigenvalue weighted by Crippen LogP contribution is 2.21. The van der Waals surface area contributed by atoms with Crippen molar-refractivity contribution in [3.05, 3.63) is 28.6 Å². The molecule has 0 radical (unpaired) electrons. The third kappa shape index (κ3) is 3.37. The topological polar surface area (TPSA) is 60.6 Å². The lowest BCUT2D eigenvalue weighted by atomic mass is 10.3. The molecule has 2 rings (SSSR count). The van der Waals surface area contributed by atoms with Gasteiger partial charge in [-0.05, 0) is 19.4 Å². The molecule has 110 valence electrons. The van der Waals surface area contributed by atoms with Crippen molar-refractivity contribution in [1.29, 1.82) is 0 Å². The maximum Gasteiger partial charge on any atom is 0.164 e. The molecule has 0 saturated heterocycles. The Balaban J connectivity index is 2.05. The summed E-state index contributed by atoms with van der Waals surface area (Å²) in [5.74, 6) is 0.799. The maximum absolute atomic E-state index is 6.33. The molecule has 0 saturated carbocycles. The summed E-state index contributed by atoms with van der Waals surface area (Å²) < 4.78 is 3.61. The lowest BCUT2D eigenvalue weighted by Gasteiger charge is -2.02. The SMILES string of the molecule is CCCNCc1ncn(Cc2c(Cl)c(CC)nn2C)n1. The van der Waals surface area contributed by atoms with Crippen LogP contribution < -0.4 is 5.32 Å². The zero-order valence-corrected chi connectivity index (χ0v) is 13.0. The zero-order chi connectivity index (χ0) is 14.5. The first kappa shape index (κ1) is 15.0. The second-order valence-corrected chi connectivity index (χ2v) is 5.10. The zero-order valence-electron chi connectivity index (χ0n) is 12.2. The van der Waals surface area contributed by atoms with E-state index in [1.807, 2.05) is 18.7 Å². The molecule has 2 aromatic rings. The van der Waals surface area contributed by atoms with Crippen LogP contribution in [0, 0.1) is 0 Å². The number of nitrogens with one attached hydrogen (secondary N) is 1. The quantitative estimate of drug-likeness (QED) is 0.791. The van der Waals surface area contributed by atoms with Crippen LogP contribution in [0.1, 0.15) is 37.5 Å². The number of rotatable bonds is 7. The van der Waals surface area contributed by atoms with E-state index in [2.05, 4.69) is 27.4 Å². The fourth-order valence-electron chi connectivity index (χ4n) is 2.01. The summed E-state index contributed by atoms with van der Waals surface area (Å²) in [6.45, 7) is 6.44. The third-order valence-corrected chi connectivity index (χ3v) is 3.54. The second-order valence-electron chi connectivity index (χ2n) is 4.72. The molecule has 6 nitrogen and oxygen atoms in total. The molecular formula is C13H21ClN6. The molecule has 0 spiro atoms. The molecule has 2 heterocycles. The largest absolute Gasteiger partial charge is 0.310 e. The molecule has 0 fully saturated rings. The van der Waals surface area contributed by atoms with Crippen molar-refractivity contribution in [2.75, 3.05) is 6.54 Å². The summed E-state index contributed by atoms with van der Waals surface area (Å²) in [7, 11) is 1.90. The number of hydrogen-bond donors (Lipinski definition) is 1. The van der Waals surface area contributed by atoms with Gasteiger partial charge in [0.15, 0.2) is 5.82 Å². The van der Waals surface area contributed by atoms with E-state index in [0.717, 1.165) is 41.6 Å². The average Bonchev–Trinajstić information content (AvgIpc) is 2.99. The Morgan fingerprint density at radius 2 is 2.10 bits per heavy atom. The van der Waals surface area contributed by atoms with Gasteiger partial charge in [-0.15, -0.1) is 0 Å². The lowest BCUT2D eigenvalue weighted by molar-refractivity contribution is 0.597. The van der Waals surface area contributed by atoms with Crippen molar-refractivity contribution in [2.24, 2.45) is 7.05 Å². The van der Waals surface area contributed by atoms with Crippen molar-refractivity contribution in [2.45, 2.75) is 39.8 Å². The molecule has 0 bridgehead atoms. The van der Waals surface area contributed by atoms with Gasteiger partial charge in [0.1, 0.15) is 6.33 Å². The molecule has 0 aromatic carbocycles. The molecule has 2 aromatic heterocycles. The number of nitrogens with zero attached hydrogens (tertiary/aromatic N) is 5. The summed E-state index contributed by atoms with van der Waals surface area (Å²) >= 11 is 6.33. The van der Waals surface area contributed by atoms with Gasteiger partial charge in [0.2, 0.25) is 0 Å². The van der Waals surface area contributed by atoms with E-state index in [1.165, 1.54) is 0 Å². The highest BCUT2D eigenvalue weighted by Gasteiger charge is 2.14. The Labute approximate surface area is 124 Å². The predicted octanol–water partition coefficient (Wildman–Crippen LogP) is 1.78. The van der Waals surface area contributed by atoms with Crippen LogP contribution in [0.3, 0.4) is 0 Å². The number of aromatic nitrogens is 5. The fourth-order valence-corrected chi connectivity index (χ4v) is 2.37. The van der Waals surface area contributed by atoms with Crippen molar-refractivity contribution >= 4 is 11.6 Å². The monoisotopic (exact) mass is 296 g/mol. The molecule has 0 amide bonds. The van der Waals surface area contributed by atoms with Gasteiger partial charge in [-0.25, -0.2) is 9.67 Å². The van der Waals surface area contributed by atoms with Crippen molar-refractivity contribution < 1.29 is 0 Å². The van der Waals surface area contributed by atoms with E-state index in [0.29, 0.717) is 13.1 Å². The minimum atomic E-state index is 0.586. The predicted molar refractivity (Wildman–Crippen MR) is 78.7 cm³/mol. The van der Waals surface area contributed by atoms with E-state index in [-0.39, 0.29) is 0 Å². The van der Waals surface area contributed by atoms with E-state index in [4.69, 9.17) is 11.6 Å². The summed E-state index contributed by atoms with van der Waals surface area (Å²) in [6.07, 6.45) is 3.67. The molecule has 0 aliphatic rings. The van der Waals surface area contributed by atoms with Crippen LogP contribution in [0.25, 0.3) is 0 Å². The molecule has 0 aliphatic carbocycles. The van der Waals surface area contributed by atoms with Crippen LogP contribution in [-0.4, -0.2) is 31.1 Å². The van der Waals surface area contributed by atoms with Crippen LogP contribution in [0.2, 0.25) is 5.02 Å². The van der Waals surface area contributed by atoms with Gasteiger partial charge in [-0.2, -0.15) is 10.2 Å². The van der Waals surface area contributed by atoms with Crippen LogP contribution >= 0.6 is 11.6 Å². The highest BCUT2D eigenvalue weighted by atomic mass is 35.5. The smallest absolute Gasteiger partial charge is 0.164 e. The van der Waals surface area contributed by atoms with Crippen LogP contribution in [0.15, 0.2) is 6.33 Å². The van der Waals surface area contributed by atoms with Gasteiger partial charge in [0.05, 0.1) is 29.5 Å². The Bertz CT molecular complexity index is 559. The summed E-state index contributed by atoms with van der Waals surface area (Å²) in [6, 6.07) is 0. The van der Waals surface area contributed by atoms with E-state index >= 15 is 0 Å². The van der Waals surface area contributed by atoms with Crippen molar-refractivity contribution in [3.8, 4) is 0 Å². The molecule has 0 aliphatic heterocycles. The van der Waals surface area contributed by atoms with Gasteiger partial charge < -0.3 is 5.32 Å². The normalized spacial score (nSPS) is 11.2. The standard InChI is InChI=1S/C13H21ClN6/c1-4-6-15-7-12-16-9-20(18-12)8-11-13(14)10(5-2)17-19(11)3/h9,15H,4-8H2,1-3H3.